The quantitative estimate of drug-likeness (QED) is 0.459. The summed E-state index contributed by atoms with van der Waals surface area (Å²) in [6.45, 7) is 2.06. The summed E-state index contributed by atoms with van der Waals surface area (Å²) in [5.74, 6) is 0.0891. The smallest absolute Gasteiger partial charge is 0.383 e. The number of benzene rings is 1. The van der Waals surface area contributed by atoms with Crippen molar-refractivity contribution in [2.45, 2.75) is 32.2 Å². The van der Waals surface area contributed by atoms with E-state index in [9.17, 15) is 18.0 Å². The molecule has 1 amide bonds. The van der Waals surface area contributed by atoms with Crippen molar-refractivity contribution >= 4 is 33.5 Å². The highest BCUT2D eigenvalue weighted by atomic mass is 19.4. The Balaban J connectivity index is 1.57. The van der Waals surface area contributed by atoms with Crippen LogP contribution in [0.15, 0.2) is 30.5 Å². The lowest BCUT2D eigenvalue weighted by Gasteiger charge is -2.29. The zero-order valence-electron chi connectivity index (χ0n) is 19.3. The van der Waals surface area contributed by atoms with Crippen molar-refractivity contribution in [1.29, 1.82) is 0 Å². The van der Waals surface area contributed by atoms with Gasteiger partial charge in [-0.05, 0) is 42.7 Å². The molecular weight excluding hydrogens is 461 g/mol. The number of pyridine rings is 2. The van der Waals surface area contributed by atoms with Gasteiger partial charge in [0, 0.05) is 31.7 Å². The number of amides is 1. The molecule has 0 fully saturated rings. The highest BCUT2D eigenvalue weighted by Crippen LogP contribution is 2.35. The fraction of sp³-hybridized carbons (Fsp3) is 0.333. The molecule has 1 atom stereocenters. The molecule has 1 aliphatic rings. The zero-order chi connectivity index (χ0) is 25.1. The Labute approximate surface area is 198 Å². The number of carbonyl (C=O) groups is 1. The number of hydrogen-bond donors (Lipinski definition) is 1. The first kappa shape index (κ1) is 23.0. The number of hydrogen-bond acceptors (Lipinski definition) is 6. The molecule has 0 radical (unpaired) electrons. The van der Waals surface area contributed by atoms with E-state index in [4.69, 9.17) is 10.5 Å². The van der Waals surface area contributed by atoms with Crippen molar-refractivity contribution in [3.63, 3.8) is 0 Å². The van der Waals surface area contributed by atoms with Crippen molar-refractivity contribution in [2.24, 2.45) is 7.05 Å². The van der Waals surface area contributed by atoms with E-state index in [0.29, 0.717) is 39.8 Å². The van der Waals surface area contributed by atoms with E-state index < -0.39 is 17.9 Å². The molecule has 35 heavy (non-hydrogen) atoms. The van der Waals surface area contributed by atoms with Crippen LogP contribution in [0.25, 0.3) is 21.8 Å². The lowest BCUT2D eigenvalue weighted by molar-refractivity contribution is -0.141. The lowest BCUT2D eigenvalue weighted by atomic mass is 9.98. The second-order valence-corrected chi connectivity index (χ2v) is 8.72. The largest absolute Gasteiger partial charge is 0.433 e. The van der Waals surface area contributed by atoms with Crippen LogP contribution in [0.4, 0.5) is 19.0 Å². The van der Waals surface area contributed by atoms with Gasteiger partial charge in [-0.2, -0.15) is 18.3 Å². The summed E-state index contributed by atoms with van der Waals surface area (Å²) in [7, 11) is 3.43. The molecule has 1 aliphatic heterocycles. The standard InChI is InChI=1S/C24H23F3N6O2/c1-12-8-17-15(21-16(22(28)31-17)10-29-33(21)3)9-14(12)23(34)32(2)19-6-7-35-11-18-13(19)4-5-20(30-18)24(25,26)27/h4-5,8-10,19H,6-7,11H2,1-3H3,(H2,28,31)/t19-/m0/s1. The van der Waals surface area contributed by atoms with Gasteiger partial charge in [-0.25, -0.2) is 9.97 Å². The minimum Gasteiger partial charge on any atom is -0.383 e. The number of fused-ring (bicyclic) bond motifs is 4. The fourth-order valence-corrected chi connectivity index (χ4v) is 4.68. The van der Waals surface area contributed by atoms with Crippen molar-refractivity contribution in [2.75, 3.05) is 19.4 Å². The Morgan fingerprint density at radius 2 is 2.00 bits per heavy atom. The van der Waals surface area contributed by atoms with Crippen molar-refractivity contribution in [1.82, 2.24) is 24.6 Å². The van der Waals surface area contributed by atoms with Gasteiger partial charge in [-0.1, -0.05) is 6.07 Å². The van der Waals surface area contributed by atoms with Crippen LogP contribution in [0.5, 0.6) is 0 Å². The van der Waals surface area contributed by atoms with Gasteiger partial charge in [-0.15, -0.1) is 0 Å². The summed E-state index contributed by atoms with van der Waals surface area (Å²) in [5, 5.41) is 5.70. The Morgan fingerprint density at radius 1 is 1.23 bits per heavy atom. The number of rotatable bonds is 2. The molecular formula is C24H23F3N6O2. The molecule has 0 aliphatic carbocycles. The monoisotopic (exact) mass is 484 g/mol. The van der Waals surface area contributed by atoms with Crippen LogP contribution < -0.4 is 5.73 Å². The number of aryl methyl sites for hydroxylation is 2. The number of aromatic nitrogens is 4. The Hall–Kier alpha value is -3.73. The summed E-state index contributed by atoms with van der Waals surface area (Å²) in [4.78, 5) is 23.5. The highest BCUT2D eigenvalue weighted by Gasteiger charge is 2.35. The number of carbonyl (C=O) groups excluding carboxylic acids is 1. The van der Waals surface area contributed by atoms with E-state index in [0.717, 1.165) is 17.0 Å². The number of anilines is 1. The maximum absolute atomic E-state index is 13.7. The lowest BCUT2D eigenvalue weighted by Crippen LogP contribution is -2.32. The number of nitrogens with zero attached hydrogens (tertiary/aromatic N) is 5. The van der Waals surface area contributed by atoms with E-state index in [1.54, 1.807) is 42.0 Å². The molecule has 1 aromatic carbocycles. The van der Waals surface area contributed by atoms with E-state index in [2.05, 4.69) is 15.1 Å². The van der Waals surface area contributed by atoms with Crippen LogP contribution in [0, 0.1) is 6.92 Å². The fourth-order valence-electron chi connectivity index (χ4n) is 4.68. The summed E-state index contributed by atoms with van der Waals surface area (Å²) in [6, 6.07) is 5.44. The predicted octanol–water partition coefficient (Wildman–Crippen LogP) is 4.16. The number of ether oxygens (including phenoxy) is 1. The van der Waals surface area contributed by atoms with Gasteiger partial charge >= 0.3 is 6.18 Å². The van der Waals surface area contributed by atoms with Gasteiger partial charge in [0.2, 0.25) is 0 Å². The van der Waals surface area contributed by atoms with E-state index in [1.165, 1.54) is 6.07 Å². The Morgan fingerprint density at radius 3 is 2.74 bits per heavy atom. The van der Waals surface area contributed by atoms with Crippen LogP contribution in [0.1, 0.15) is 45.3 Å². The molecule has 4 aromatic rings. The van der Waals surface area contributed by atoms with Gasteiger partial charge < -0.3 is 15.4 Å². The van der Waals surface area contributed by atoms with Crippen molar-refractivity contribution in [3.8, 4) is 0 Å². The maximum Gasteiger partial charge on any atom is 0.433 e. The van der Waals surface area contributed by atoms with Gasteiger partial charge in [0.1, 0.15) is 11.5 Å². The summed E-state index contributed by atoms with van der Waals surface area (Å²) >= 11 is 0. The van der Waals surface area contributed by atoms with E-state index in [-0.39, 0.29) is 24.8 Å². The Bertz CT molecular complexity index is 1480. The molecule has 2 N–H and O–H groups in total. The SMILES string of the molecule is Cc1cc2nc(N)c3cnn(C)c3c2cc1C(=O)N(C)[C@H]1CCOCc2nc(C(F)(F)F)ccc21. The number of halogens is 3. The topological polar surface area (TPSA) is 99.2 Å². The molecule has 182 valence electrons. The summed E-state index contributed by atoms with van der Waals surface area (Å²) < 4.78 is 46.8. The maximum atomic E-state index is 13.7. The first-order valence-corrected chi connectivity index (χ1v) is 11.0. The average Bonchev–Trinajstić information content (AvgIpc) is 3.07. The third-order valence-electron chi connectivity index (χ3n) is 6.50. The molecule has 0 bridgehead atoms. The van der Waals surface area contributed by atoms with E-state index >= 15 is 0 Å². The van der Waals surface area contributed by atoms with Crippen LogP contribution in [0.2, 0.25) is 0 Å². The Kier molecular flexibility index (Phi) is 5.39. The summed E-state index contributed by atoms with van der Waals surface area (Å²) in [5.41, 5.74) is 8.43. The van der Waals surface area contributed by atoms with Gasteiger partial charge in [0.25, 0.3) is 5.91 Å². The van der Waals surface area contributed by atoms with Crippen molar-refractivity contribution in [3.05, 3.63) is 58.5 Å². The number of alkyl halides is 3. The van der Waals surface area contributed by atoms with Gasteiger partial charge in [0.05, 0.1) is 41.0 Å². The minimum atomic E-state index is -4.56. The molecule has 0 saturated heterocycles. The minimum absolute atomic E-state index is 0.0433. The molecule has 0 saturated carbocycles. The third kappa shape index (κ3) is 3.85. The molecule has 4 heterocycles. The van der Waals surface area contributed by atoms with Crippen LogP contribution in [0.3, 0.4) is 0 Å². The second kappa shape index (κ2) is 8.19. The normalized spacial score (nSPS) is 16.3. The van der Waals surface area contributed by atoms with Crippen LogP contribution in [-0.2, 0) is 24.6 Å². The second-order valence-electron chi connectivity index (χ2n) is 8.72. The average molecular weight is 484 g/mol. The van der Waals surface area contributed by atoms with Gasteiger partial charge in [-0.3, -0.25) is 9.48 Å². The molecule has 0 unspecified atom stereocenters. The van der Waals surface area contributed by atoms with Crippen LogP contribution in [-0.4, -0.2) is 44.2 Å². The molecule has 8 nitrogen and oxygen atoms in total. The molecule has 5 rings (SSSR count). The first-order chi connectivity index (χ1) is 16.6. The number of nitrogen functional groups attached to an aromatic ring is 1. The van der Waals surface area contributed by atoms with Crippen molar-refractivity contribution < 1.29 is 22.7 Å². The predicted molar refractivity (Wildman–Crippen MR) is 124 cm³/mol. The zero-order valence-corrected chi connectivity index (χ0v) is 19.3. The first-order valence-electron chi connectivity index (χ1n) is 11.0. The molecule has 0 spiro atoms. The van der Waals surface area contributed by atoms with Gasteiger partial charge in [0.15, 0.2) is 0 Å². The third-order valence-corrected chi connectivity index (χ3v) is 6.50. The van der Waals surface area contributed by atoms with Crippen LogP contribution >= 0.6 is 0 Å². The summed E-state index contributed by atoms with van der Waals surface area (Å²) in [6.07, 6.45) is -2.50. The van der Waals surface area contributed by atoms with E-state index in [1.807, 2.05) is 6.92 Å². The molecule has 11 heteroatoms. The highest BCUT2D eigenvalue weighted by molar-refractivity contribution is 6.10. The number of nitrogens with two attached hydrogens (primary N) is 1. The molecule has 3 aromatic heterocycles.